The number of halogens is 2. The summed E-state index contributed by atoms with van der Waals surface area (Å²) in [7, 11) is 0. The van der Waals surface area contributed by atoms with Crippen LogP contribution < -0.4 is 0 Å². The van der Waals surface area contributed by atoms with Crippen LogP contribution in [-0.4, -0.2) is 15.6 Å². The number of aromatic carboxylic acids is 1. The van der Waals surface area contributed by atoms with Crippen LogP contribution in [0.2, 0.25) is 0 Å². The average Bonchev–Trinajstić information content (AvgIpc) is 2.82. The zero-order valence-corrected chi connectivity index (χ0v) is 14.1. The first kappa shape index (κ1) is 14.4. The van der Waals surface area contributed by atoms with Gasteiger partial charge < -0.3 is 9.67 Å². The van der Waals surface area contributed by atoms with Gasteiger partial charge >= 0.3 is 5.97 Å². The molecule has 0 atom stereocenters. The third-order valence-corrected chi connectivity index (χ3v) is 4.63. The summed E-state index contributed by atoms with van der Waals surface area (Å²) >= 11 is 6.97. The summed E-state index contributed by atoms with van der Waals surface area (Å²) in [5, 5.41) is 10.4. The lowest BCUT2D eigenvalue weighted by atomic mass is 10.2. The predicted octanol–water partition coefficient (Wildman–Crippen LogP) is 4.91. The summed E-state index contributed by atoms with van der Waals surface area (Å²) in [4.78, 5) is 11.5. The topological polar surface area (TPSA) is 42.2 Å². The Hall–Kier alpha value is -1.59. The molecule has 0 fully saturated rings. The number of para-hydroxylation sites is 1. The maximum absolute atomic E-state index is 11.5. The molecule has 1 aromatic heterocycles. The van der Waals surface area contributed by atoms with Crippen LogP contribution in [0, 0.1) is 0 Å². The molecule has 0 bridgehead atoms. The largest absolute Gasteiger partial charge is 0.477 e. The normalized spacial score (nSPS) is 11.0. The average molecular weight is 409 g/mol. The summed E-state index contributed by atoms with van der Waals surface area (Å²) in [6, 6.07) is 15.3. The fourth-order valence-electron chi connectivity index (χ4n) is 2.39. The Balaban J connectivity index is 2.17. The van der Waals surface area contributed by atoms with E-state index in [9.17, 15) is 9.90 Å². The number of hydrogen-bond acceptors (Lipinski definition) is 1. The lowest BCUT2D eigenvalue weighted by molar-refractivity contribution is 0.0686. The van der Waals surface area contributed by atoms with Crippen molar-refractivity contribution in [2.75, 3.05) is 0 Å². The van der Waals surface area contributed by atoms with Gasteiger partial charge in [0.15, 0.2) is 0 Å². The van der Waals surface area contributed by atoms with Gasteiger partial charge in [-0.2, -0.15) is 0 Å². The summed E-state index contributed by atoms with van der Waals surface area (Å²) in [6.07, 6.45) is 0. The fraction of sp³-hybridized carbons (Fsp3) is 0.0625. The lowest BCUT2D eigenvalue weighted by Gasteiger charge is -2.11. The number of nitrogens with zero attached hydrogens (tertiary/aromatic N) is 1. The van der Waals surface area contributed by atoms with E-state index < -0.39 is 5.97 Å². The Labute approximate surface area is 138 Å². The molecule has 0 unspecified atom stereocenters. The Bertz CT molecular complexity index is 839. The van der Waals surface area contributed by atoms with Crippen molar-refractivity contribution in [3.8, 4) is 0 Å². The van der Waals surface area contributed by atoms with E-state index in [2.05, 4.69) is 31.9 Å². The molecule has 3 nitrogen and oxygen atoms in total. The van der Waals surface area contributed by atoms with Gasteiger partial charge in [-0.15, -0.1) is 0 Å². The number of rotatable bonds is 3. The van der Waals surface area contributed by atoms with Crippen LogP contribution in [0.5, 0.6) is 0 Å². The van der Waals surface area contributed by atoms with E-state index >= 15 is 0 Å². The summed E-state index contributed by atoms with van der Waals surface area (Å²) in [5.41, 5.74) is 2.23. The molecule has 0 saturated heterocycles. The third kappa shape index (κ3) is 2.76. The number of carbonyl (C=O) groups is 1. The summed E-state index contributed by atoms with van der Waals surface area (Å²) < 4.78 is 3.75. The number of carboxylic acids is 1. The second-order valence-electron chi connectivity index (χ2n) is 4.72. The molecule has 3 aromatic rings. The zero-order valence-electron chi connectivity index (χ0n) is 10.9. The van der Waals surface area contributed by atoms with Crippen molar-refractivity contribution in [3.05, 3.63) is 68.7 Å². The molecule has 0 saturated carbocycles. The van der Waals surface area contributed by atoms with Crippen molar-refractivity contribution in [2.24, 2.45) is 0 Å². The molecule has 3 rings (SSSR count). The molecule has 2 aromatic carbocycles. The highest BCUT2D eigenvalue weighted by Crippen LogP contribution is 2.26. The van der Waals surface area contributed by atoms with E-state index in [1.807, 2.05) is 47.0 Å². The lowest BCUT2D eigenvalue weighted by Crippen LogP contribution is -2.09. The third-order valence-electron chi connectivity index (χ3n) is 3.37. The Morgan fingerprint density at radius 2 is 1.86 bits per heavy atom. The van der Waals surface area contributed by atoms with E-state index in [-0.39, 0.29) is 0 Å². The van der Waals surface area contributed by atoms with E-state index in [0.717, 1.165) is 25.4 Å². The van der Waals surface area contributed by atoms with Crippen LogP contribution in [0.25, 0.3) is 10.9 Å². The number of hydrogen-bond donors (Lipinski definition) is 1. The molecule has 5 heteroatoms. The standard InChI is InChI=1S/C16H11Br2NO2/c17-12-5-6-13(18)11(7-12)9-19-14-4-2-1-3-10(14)8-15(19)16(20)21/h1-8H,9H2,(H,20,21). The smallest absolute Gasteiger partial charge is 0.352 e. The second kappa shape index (κ2) is 5.66. The minimum absolute atomic E-state index is 0.295. The minimum Gasteiger partial charge on any atom is -0.477 e. The first-order chi connectivity index (χ1) is 10.1. The van der Waals surface area contributed by atoms with Crippen molar-refractivity contribution in [1.82, 2.24) is 4.57 Å². The molecule has 0 aliphatic rings. The highest BCUT2D eigenvalue weighted by Gasteiger charge is 2.15. The monoisotopic (exact) mass is 407 g/mol. The maximum atomic E-state index is 11.5. The van der Waals surface area contributed by atoms with Gasteiger partial charge in [-0.1, -0.05) is 50.1 Å². The van der Waals surface area contributed by atoms with Crippen LogP contribution >= 0.6 is 31.9 Å². The molecule has 0 spiro atoms. The van der Waals surface area contributed by atoms with Crippen LogP contribution in [0.3, 0.4) is 0 Å². The molecule has 0 amide bonds. The van der Waals surface area contributed by atoms with Gasteiger partial charge in [0.05, 0.1) is 0 Å². The highest BCUT2D eigenvalue weighted by atomic mass is 79.9. The van der Waals surface area contributed by atoms with Crippen LogP contribution in [0.15, 0.2) is 57.5 Å². The fourth-order valence-corrected chi connectivity index (χ4v) is 3.17. The van der Waals surface area contributed by atoms with Gasteiger partial charge in [0, 0.05) is 26.4 Å². The van der Waals surface area contributed by atoms with Crippen molar-refractivity contribution in [1.29, 1.82) is 0 Å². The number of fused-ring (bicyclic) bond motifs is 1. The molecule has 1 heterocycles. The first-order valence-corrected chi connectivity index (χ1v) is 7.90. The van der Waals surface area contributed by atoms with Crippen LogP contribution in [0.4, 0.5) is 0 Å². The zero-order chi connectivity index (χ0) is 15.0. The van der Waals surface area contributed by atoms with E-state index in [1.54, 1.807) is 6.07 Å². The number of aromatic nitrogens is 1. The molecule has 106 valence electrons. The van der Waals surface area contributed by atoms with E-state index in [1.165, 1.54) is 0 Å². The van der Waals surface area contributed by atoms with Gasteiger partial charge in [0.25, 0.3) is 0 Å². The van der Waals surface area contributed by atoms with Crippen LogP contribution in [0.1, 0.15) is 16.1 Å². The van der Waals surface area contributed by atoms with Crippen molar-refractivity contribution in [2.45, 2.75) is 6.54 Å². The van der Waals surface area contributed by atoms with Crippen LogP contribution in [-0.2, 0) is 6.54 Å². The number of carboxylic acid groups (broad SMARTS) is 1. The molecule has 21 heavy (non-hydrogen) atoms. The molecule has 0 radical (unpaired) electrons. The van der Waals surface area contributed by atoms with Gasteiger partial charge in [-0.25, -0.2) is 4.79 Å². The van der Waals surface area contributed by atoms with E-state index in [4.69, 9.17) is 0 Å². The molecule has 1 N–H and O–H groups in total. The summed E-state index contributed by atoms with van der Waals surface area (Å²) in [5.74, 6) is -0.919. The second-order valence-corrected chi connectivity index (χ2v) is 6.49. The SMILES string of the molecule is O=C(O)c1cc2ccccc2n1Cc1cc(Br)ccc1Br. The molecule has 0 aliphatic carbocycles. The molecular weight excluding hydrogens is 398 g/mol. The number of benzene rings is 2. The van der Waals surface area contributed by atoms with Gasteiger partial charge in [0.1, 0.15) is 5.69 Å². The van der Waals surface area contributed by atoms with Gasteiger partial charge in [-0.05, 0) is 35.9 Å². The Morgan fingerprint density at radius 3 is 2.62 bits per heavy atom. The van der Waals surface area contributed by atoms with Gasteiger partial charge in [-0.3, -0.25) is 0 Å². The first-order valence-electron chi connectivity index (χ1n) is 6.32. The van der Waals surface area contributed by atoms with E-state index in [0.29, 0.717) is 12.2 Å². The minimum atomic E-state index is -0.919. The van der Waals surface area contributed by atoms with Crippen molar-refractivity contribution in [3.63, 3.8) is 0 Å². The van der Waals surface area contributed by atoms with Crippen molar-refractivity contribution >= 4 is 48.7 Å². The Kier molecular flexibility index (Phi) is 3.87. The van der Waals surface area contributed by atoms with Gasteiger partial charge in [0.2, 0.25) is 0 Å². The maximum Gasteiger partial charge on any atom is 0.352 e. The Morgan fingerprint density at radius 1 is 1.10 bits per heavy atom. The summed E-state index contributed by atoms with van der Waals surface area (Å²) in [6.45, 7) is 0.495. The van der Waals surface area contributed by atoms with Crippen molar-refractivity contribution < 1.29 is 9.90 Å². The molecule has 0 aliphatic heterocycles. The predicted molar refractivity (Wildman–Crippen MR) is 89.8 cm³/mol. The highest BCUT2D eigenvalue weighted by molar-refractivity contribution is 9.11. The molecular formula is C16H11Br2NO2. The quantitative estimate of drug-likeness (QED) is 0.668.